The minimum atomic E-state index is -4.37. The molecule has 1 aromatic rings. The minimum Gasteiger partial charge on any atom is -0.447 e. The minimum absolute atomic E-state index is 0.262. The molecule has 0 aliphatic carbocycles. The number of alkyl halides is 3. The van der Waals surface area contributed by atoms with Crippen molar-refractivity contribution < 1.29 is 22.7 Å². The molecule has 0 radical (unpaired) electrons. The molecule has 1 aliphatic heterocycles. The summed E-state index contributed by atoms with van der Waals surface area (Å²) in [6.07, 6.45) is -4.90. The van der Waals surface area contributed by atoms with Crippen molar-refractivity contribution in [1.29, 1.82) is 0 Å². The number of ether oxygens (including phenoxy) is 1. The second kappa shape index (κ2) is 4.36. The molecule has 3 nitrogen and oxygen atoms in total. The highest BCUT2D eigenvalue weighted by atomic mass is 19.4. The van der Waals surface area contributed by atoms with Crippen molar-refractivity contribution in [2.75, 3.05) is 13.2 Å². The lowest BCUT2D eigenvalue weighted by atomic mass is 10.1. The molecule has 18 heavy (non-hydrogen) atoms. The smallest absolute Gasteiger partial charge is 0.416 e. The van der Waals surface area contributed by atoms with Crippen LogP contribution in [0.4, 0.5) is 18.0 Å². The first-order chi connectivity index (χ1) is 8.39. The number of hydrogen-bond acceptors (Lipinski definition) is 2. The molecule has 0 unspecified atom stereocenters. The number of benzene rings is 1. The molecule has 0 aromatic heterocycles. The highest BCUT2D eigenvalue weighted by molar-refractivity contribution is 5.82. The average Bonchev–Trinajstić information content (AvgIpc) is 2.73. The molecular weight excluding hydrogens is 247 g/mol. The fourth-order valence-electron chi connectivity index (χ4n) is 1.65. The fourth-order valence-corrected chi connectivity index (χ4v) is 1.65. The van der Waals surface area contributed by atoms with Crippen molar-refractivity contribution >= 4 is 11.8 Å². The third-order valence-corrected chi connectivity index (χ3v) is 2.63. The van der Waals surface area contributed by atoms with Gasteiger partial charge in [-0.25, -0.2) is 4.79 Å². The van der Waals surface area contributed by atoms with E-state index in [4.69, 9.17) is 4.74 Å². The normalized spacial score (nSPS) is 15.7. The molecule has 0 saturated carbocycles. The van der Waals surface area contributed by atoms with Crippen LogP contribution < -0.4 is 0 Å². The van der Waals surface area contributed by atoms with Crippen LogP contribution in [-0.4, -0.2) is 24.1 Å². The van der Waals surface area contributed by atoms with Crippen LogP contribution in [-0.2, 0) is 10.9 Å². The first-order valence-electron chi connectivity index (χ1n) is 5.20. The second-order valence-electron chi connectivity index (χ2n) is 3.79. The molecule has 2 rings (SSSR count). The maximum Gasteiger partial charge on any atom is 0.416 e. The van der Waals surface area contributed by atoms with Crippen LogP contribution in [0.3, 0.4) is 0 Å². The first kappa shape index (κ1) is 12.5. The molecular formula is C12H10F3NO2. The van der Waals surface area contributed by atoms with Crippen LogP contribution in [0.15, 0.2) is 30.8 Å². The van der Waals surface area contributed by atoms with E-state index in [1.165, 1.54) is 17.0 Å². The van der Waals surface area contributed by atoms with Crippen molar-refractivity contribution in [2.24, 2.45) is 0 Å². The van der Waals surface area contributed by atoms with Gasteiger partial charge in [0.2, 0.25) is 0 Å². The molecule has 1 aromatic carbocycles. The Kier molecular flexibility index (Phi) is 3.02. The summed E-state index contributed by atoms with van der Waals surface area (Å²) in [7, 11) is 0. The molecule has 1 saturated heterocycles. The summed E-state index contributed by atoms with van der Waals surface area (Å²) in [6, 6.07) is 4.50. The Hall–Kier alpha value is -1.98. The van der Waals surface area contributed by atoms with Gasteiger partial charge in [-0.1, -0.05) is 18.7 Å². The van der Waals surface area contributed by atoms with E-state index in [1.807, 2.05) is 0 Å². The van der Waals surface area contributed by atoms with E-state index in [0.29, 0.717) is 17.8 Å². The molecule has 6 heteroatoms. The molecule has 96 valence electrons. The van der Waals surface area contributed by atoms with Crippen LogP contribution in [0.1, 0.15) is 11.1 Å². The van der Waals surface area contributed by atoms with Crippen molar-refractivity contribution in [3.05, 3.63) is 42.0 Å². The van der Waals surface area contributed by atoms with E-state index in [-0.39, 0.29) is 6.61 Å². The van der Waals surface area contributed by atoms with E-state index >= 15 is 0 Å². The Balaban J connectivity index is 2.19. The van der Waals surface area contributed by atoms with Crippen molar-refractivity contribution in [3.8, 4) is 0 Å². The summed E-state index contributed by atoms with van der Waals surface area (Å²) in [5.74, 6) is 0. The molecule has 0 atom stereocenters. The summed E-state index contributed by atoms with van der Waals surface area (Å²) in [5.41, 5.74) is 0.0659. The number of hydrogen-bond donors (Lipinski definition) is 0. The summed E-state index contributed by atoms with van der Waals surface area (Å²) in [6.45, 7) is 4.32. The molecule has 0 bridgehead atoms. The van der Waals surface area contributed by atoms with Gasteiger partial charge < -0.3 is 4.74 Å². The van der Waals surface area contributed by atoms with Gasteiger partial charge in [0, 0.05) is 5.70 Å². The highest BCUT2D eigenvalue weighted by Gasteiger charge is 2.30. The first-order valence-corrected chi connectivity index (χ1v) is 5.20. The Labute approximate surface area is 101 Å². The Bertz CT molecular complexity index is 479. The van der Waals surface area contributed by atoms with Crippen molar-refractivity contribution in [1.82, 2.24) is 4.90 Å². The van der Waals surface area contributed by atoms with Gasteiger partial charge in [-0.05, 0) is 17.7 Å². The number of amides is 1. The number of cyclic esters (lactones) is 1. The summed E-state index contributed by atoms with van der Waals surface area (Å²) < 4.78 is 41.9. The van der Waals surface area contributed by atoms with Crippen LogP contribution >= 0.6 is 0 Å². The Morgan fingerprint density at radius 3 is 2.33 bits per heavy atom. The van der Waals surface area contributed by atoms with Crippen LogP contribution in [0.2, 0.25) is 0 Å². The molecule has 0 N–H and O–H groups in total. The van der Waals surface area contributed by atoms with Gasteiger partial charge in [-0.3, -0.25) is 4.90 Å². The third kappa shape index (κ3) is 2.32. The predicted octanol–water partition coefficient (Wildman–Crippen LogP) is 3.13. The van der Waals surface area contributed by atoms with Gasteiger partial charge in [0.15, 0.2) is 0 Å². The van der Waals surface area contributed by atoms with Gasteiger partial charge in [0.05, 0.1) is 12.1 Å². The van der Waals surface area contributed by atoms with Gasteiger partial charge in [-0.2, -0.15) is 13.2 Å². The lowest BCUT2D eigenvalue weighted by Crippen LogP contribution is -2.21. The zero-order valence-corrected chi connectivity index (χ0v) is 9.33. The maximum absolute atomic E-state index is 12.4. The molecule has 0 spiro atoms. The van der Waals surface area contributed by atoms with Crippen molar-refractivity contribution in [3.63, 3.8) is 0 Å². The molecule has 1 heterocycles. The standard InChI is InChI=1S/C12H10F3NO2/c1-8(16-6-7-18-11(16)17)9-2-4-10(5-3-9)12(13,14)15/h2-5H,1,6-7H2. The summed E-state index contributed by atoms with van der Waals surface area (Å²) in [5, 5.41) is 0. The van der Waals surface area contributed by atoms with E-state index in [0.717, 1.165) is 12.1 Å². The molecule has 1 aliphatic rings. The van der Waals surface area contributed by atoms with Crippen LogP contribution in [0.25, 0.3) is 5.70 Å². The van der Waals surface area contributed by atoms with Gasteiger partial charge in [0.1, 0.15) is 6.61 Å². The molecule has 1 fully saturated rings. The topological polar surface area (TPSA) is 29.5 Å². The quantitative estimate of drug-likeness (QED) is 0.814. The zero-order chi connectivity index (χ0) is 13.3. The van der Waals surface area contributed by atoms with Gasteiger partial charge in [-0.15, -0.1) is 0 Å². The Morgan fingerprint density at radius 2 is 1.89 bits per heavy atom. The van der Waals surface area contributed by atoms with Crippen LogP contribution in [0.5, 0.6) is 0 Å². The SMILES string of the molecule is C=C(c1ccc(C(F)(F)F)cc1)N1CCOC1=O. The van der Waals surface area contributed by atoms with Crippen molar-refractivity contribution in [2.45, 2.75) is 6.18 Å². The Morgan fingerprint density at radius 1 is 1.28 bits per heavy atom. The molecule has 1 amide bonds. The van der Waals surface area contributed by atoms with E-state index < -0.39 is 17.8 Å². The lowest BCUT2D eigenvalue weighted by Gasteiger charge is -2.16. The number of carbonyl (C=O) groups is 1. The largest absolute Gasteiger partial charge is 0.447 e. The number of rotatable bonds is 2. The monoisotopic (exact) mass is 257 g/mol. The highest BCUT2D eigenvalue weighted by Crippen LogP contribution is 2.30. The fraction of sp³-hybridized carbons (Fsp3) is 0.250. The number of halogens is 3. The number of nitrogens with zero attached hydrogens (tertiary/aromatic N) is 1. The predicted molar refractivity (Wildman–Crippen MR) is 58.5 cm³/mol. The summed E-state index contributed by atoms with van der Waals surface area (Å²) in [4.78, 5) is 12.6. The zero-order valence-electron chi connectivity index (χ0n) is 9.33. The maximum atomic E-state index is 12.4. The van der Waals surface area contributed by atoms with Crippen LogP contribution in [0, 0.1) is 0 Å². The van der Waals surface area contributed by atoms with E-state index in [9.17, 15) is 18.0 Å². The second-order valence-corrected chi connectivity index (χ2v) is 3.79. The lowest BCUT2D eigenvalue weighted by molar-refractivity contribution is -0.137. The van der Waals surface area contributed by atoms with E-state index in [1.54, 1.807) is 0 Å². The number of carbonyl (C=O) groups excluding carboxylic acids is 1. The van der Waals surface area contributed by atoms with Gasteiger partial charge >= 0.3 is 12.3 Å². The van der Waals surface area contributed by atoms with E-state index in [2.05, 4.69) is 6.58 Å². The van der Waals surface area contributed by atoms with Gasteiger partial charge in [0.25, 0.3) is 0 Å². The average molecular weight is 257 g/mol. The summed E-state index contributed by atoms with van der Waals surface area (Å²) >= 11 is 0. The third-order valence-electron chi connectivity index (χ3n) is 2.63.